The number of ether oxygens (including phenoxy) is 2. The maximum Gasteiger partial charge on any atom is 0.272 e. The average Bonchev–Trinajstić information content (AvgIpc) is 3.22. The average molecular weight is 463 g/mol. The van der Waals surface area contributed by atoms with E-state index in [1.807, 2.05) is 41.1 Å². The molecule has 3 heterocycles. The van der Waals surface area contributed by atoms with Crippen molar-refractivity contribution in [2.45, 2.75) is 63.8 Å². The fourth-order valence-electron chi connectivity index (χ4n) is 5.33. The molecule has 1 amide bonds. The number of hydrogen-bond donors (Lipinski definition) is 1. The van der Waals surface area contributed by atoms with Gasteiger partial charge in [0.25, 0.3) is 5.91 Å². The fourth-order valence-corrected chi connectivity index (χ4v) is 5.33. The molecule has 0 radical (unpaired) electrons. The maximum atomic E-state index is 13.3. The van der Waals surface area contributed by atoms with Gasteiger partial charge in [-0.05, 0) is 43.0 Å². The SMILES string of the molecule is CCCCn1nc(C(=O)N[C@H]2C[C@H]3COC[C@@H](C2)N3Cc2ccc(OC)cc2)c2ccccc21. The summed E-state index contributed by atoms with van der Waals surface area (Å²) in [6.45, 7) is 5.29. The van der Waals surface area contributed by atoms with Crippen LogP contribution in [0.2, 0.25) is 0 Å². The van der Waals surface area contributed by atoms with Crippen LogP contribution in [0.15, 0.2) is 48.5 Å². The smallest absolute Gasteiger partial charge is 0.272 e. The van der Waals surface area contributed by atoms with Crippen molar-refractivity contribution in [3.05, 3.63) is 59.8 Å². The number of rotatable bonds is 8. The summed E-state index contributed by atoms with van der Waals surface area (Å²) < 4.78 is 13.2. The highest BCUT2D eigenvalue weighted by Gasteiger charge is 2.39. The van der Waals surface area contributed by atoms with Gasteiger partial charge in [-0.3, -0.25) is 14.4 Å². The van der Waals surface area contributed by atoms with E-state index in [2.05, 4.69) is 29.3 Å². The molecule has 2 aromatic carbocycles. The van der Waals surface area contributed by atoms with Crippen molar-refractivity contribution in [2.24, 2.45) is 0 Å². The topological polar surface area (TPSA) is 68.6 Å². The predicted molar refractivity (Wildman–Crippen MR) is 132 cm³/mol. The zero-order valence-corrected chi connectivity index (χ0v) is 20.1. The predicted octanol–water partition coefficient (Wildman–Crippen LogP) is 4.01. The second kappa shape index (κ2) is 10.2. The van der Waals surface area contributed by atoms with Gasteiger partial charge in [-0.15, -0.1) is 0 Å². The van der Waals surface area contributed by atoms with Gasteiger partial charge in [0.2, 0.25) is 0 Å². The highest BCUT2D eigenvalue weighted by atomic mass is 16.5. The molecule has 2 bridgehead atoms. The number of hydrogen-bond acceptors (Lipinski definition) is 5. The summed E-state index contributed by atoms with van der Waals surface area (Å²) in [4.78, 5) is 15.9. The first-order chi connectivity index (χ1) is 16.7. The Balaban J connectivity index is 1.28. The van der Waals surface area contributed by atoms with E-state index in [0.29, 0.717) is 31.0 Å². The largest absolute Gasteiger partial charge is 0.497 e. The zero-order chi connectivity index (χ0) is 23.5. The molecule has 7 heteroatoms. The Labute approximate surface area is 201 Å². The molecule has 180 valence electrons. The monoisotopic (exact) mass is 462 g/mol. The van der Waals surface area contributed by atoms with E-state index < -0.39 is 0 Å². The summed E-state index contributed by atoms with van der Waals surface area (Å²) in [7, 11) is 1.69. The molecule has 0 unspecified atom stereocenters. The molecule has 2 aliphatic rings. The molecule has 2 aliphatic heterocycles. The summed E-state index contributed by atoms with van der Waals surface area (Å²) in [6, 6.07) is 17.0. The minimum atomic E-state index is -0.0703. The van der Waals surface area contributed by atoms with Crippen LogP contribution < -0.4 is 10.1 Å². The lowest BCUT2D eigenvalue weighted by atomic mass is 9.89. The number of fused-ring (bicyclic) bond motifs is 3. The highest BCUT2D eigenvalue weighted by molar-refractivity contribution is 6.05. The zero-order valence-electron chi connectivity index (χ0n) is 20.1. The molecule has 5 rings (SSSR count). The van der Waals surface area contributed by atoms with E-state index in [1.54, 1.807) is 7.11 Å². The number of piperidine rings is 1. The number of nitrogens with one attached hydrogen (secondary N) is 1. The van der Waals surface area contributed by atoms with E-state index >= 15 is 0 Å². The number of amides is 1. The molecule has 2 fully saturated rings. The minimum Gasteiger partial charge on any atom is -0.497 e. The number of carbonyl (C=O) groups excluding carboxylic acids is 1. The third-order valence-electron chi connectivity index (χ3n) is 7.13. The molecule has 7 nitrogen and oxygen atoms in total. The van der Waals surface area contributed by atoms with Gasteiger partial charge in [0.05, 0.1) is 25.8 Å². The third kappa shape index (κ3) is 4.68. The number of aryl methyl sites for hydroxylation is 1. The second-order valence-electron chi connectivity index (χ2n) is 9.45. The molecule has 0 aliphatic carbocycles. The van der Waals surface area contributed by atoms with Crippen LogP contribution in [0.5, 0.6) is 5.75 Å². The third-order valence-corrected chi connectivity index (χ3v) is 7.13. The molecule has 0 saturated carbocycles. The Kier molecular flexibility index (Phi) is 6.83. The van der Waals surface area contributed by atoms with Gasteiger partial charge in [0.1, 0.15) is 5.75 Å². The molecule has 3 atom stereocenters. The van der Waals surface area contributed by atoms with Crippen molar-refractivity contribution in [3.63, 3.8) is 0 Å². The van der Waals surface area contributed by atoms with Crippen LogP contribution >= 0.6 is 0 Å². The van der Waals surface area contributed by atoms with E-state index in [9.17, 15) is 4.79 Å². The summed E-state index contributed by atoms with van der Waals surface area (Å²) in [6.07, 6.45) is 3.90. The number of carbonyl (C=O) groups is 1. The van der Waals surface area contributed by atoms with E-state index in [1.165, 1.54) is 5.56 Å². The van der Waals surface area contributed by atoms with Crippen LogP contribution in [0.4, 0.5) is 0 Å². The first-order valence-corrected chi connectivity index (χ1v) is 12.4. The Morgan fingerprint density at radius 2 is 1.85 bits per heavy atom. The molecular formula is C27H34N4O3. The quantitative estimate of drug-likeness (QED) is 0.548. The Bertz CT molecular complexity index is 1110. The number of unbranched alkanes of at least 4 members (excludes halogenated alkanes) is 1. The Morgan fingerprint density at radius 3 is 2.56 bits per heavy atom. The second-order valence-corrected chi connectivity index (χ2v) is 9.45. The Hall–Kier alpha value is -2.90. The first-order valence-electron chi connectivity index (χ1n) is 12.4. The van der Waals surface area contributed by atoms with Crippen molar-refractivity contribution >= 4 is 16.8 Å². The summed E-state index contributed by atoms with van der Waals surface area (Å²) in [5, 5.41) is 8.95. The highest BCUT2D eigenvalue weighted by Crippen LogP contribution is 2.30. The standard InChI is InChI=1S/C27H34N4O3/c1-3-4-13-31-25-8-6-5-7-24(25)26(29-31)27(32)28-20-14-21-17-34-18-22(15-20)30(21)16-19-9-11-23(33-2)12-10-19/h5-12,20-22H,3-4,13-18H2,1-2H3,(H,28,32)/t20-,21-,22+. The van der Waals surface area contributed by atoms with Crippen LogP contribution in [-0.4, -0.2) is 59.0 Å². The van der Waals surface area contributed by atoms with E-state index in [-0.39, 0.29) is 11.9 Å². The van der Waals surface area contributed by atoms with Crippen molar-refractivity contribution in [1.82, 2.24) is 20.0 Å². The molecule has 2 saturated heterocycles. The summed E-state index contributed by atoms with van der Waals surface area (Å²) in [5.74, 6) is 0.803. The molecule has 1 aromatic heterocycles. The number of para-hydroxylation sites is 1. The van der Waals surface area contributed by atoms with Crippen LogP contribution in [0, 0.1) is 0 Å². The van der Waals surface area contributed by atoms with Gasteiger partial charge in [0.15, 0.2) is 5.69 Å². The van der Waals surface area contributed by atoms with Gasteiger partial charge < -0.3 is 14.8 Å². The van der Waals surface area contributed by atoms with Crippen molar-refractivity contribution in [1.29, 1.82) is 0 Å². The summed E-state index contributed by atoms with van der Waals surface area (Å²) in [5.41, 5.74) is 2.83. The molecule has 0 spiro atoms. The lowest BCUT2D eigenvalue weighted by Gasteiger charge is -2.48. The van der Waals surface area contributed by atoms with Crippen molar-refractivity contribution in [3.8, 4) is 5.75 Å². The summed E-state index contributed by atoms with van der Waals surface area (Å²) >= 11 is 0. The van der Waals surface area contributed by atoms with Gasteiger partial charge in [-0.1, -0.05) is 43.7 Å². The molecule has 3 aromatic rings. The Morgan fingerprint density at radius 1 is 1.12 bits per heavy atom. The van der Waals surface area contributed by atoms with Crippen molar-refractivity contribution in [2.75, 3.05) is 20.3 Å². The maximum absolute atomic E-state index is 13.3. The number of morpholine rings is 1. The molecule has 34 heavy (non-hydrogen) atoms. The lowest BCUT2D eigenvalue weighted by molar-refractivity contribution is -0.0843. The normalized spacial score (nSPS) is 22.6. The van der Waals surface area contributed by atoms with Crippen LogP contribution in [0.3, 0.4) is 0 Å². The van der Waals surface area contributed by atoms with Crippen LogP contribution in [-0.2, 0) is 17.8 Å². The van der Waals surface area contributed by atoms with Gasteiger partial charge >= 0.3 is 0 Å². The number of aromatic nitrogens is 2. The van der Waals surface area contributed by atoms with Gasteiger partial charge in [-0.2, -0.15) is 5.10 Å². The van der Waals surface area contributed by atoms with Gasteiger partial charge in [-0.25, -0.2) is 0 Å². The molecular weight excluding hydrogens is 428 g/mol. The van der Waals surface area contributed by atoms with E-state index in [0.717, 1.165) is 55.4 Å². The number of nitrogens with zero attached hydrogens (tertiary/aromatic N) is 3. The molecule has 1 N–H and O–H groups in total. The minimum absolute atomic E-state index is 0.0703. The van der Waals surface area contributed by atoms with Gasteiger partial charge in [0, 0.05) is 36.6 Å². The first kappa shape index (κ1) is 22.9. The number of methoxy groups -OCH3 is 1. The van der Waals surface area contributed by atoms with Crippen LogP contribution in [0.1, 0.15) is 48.7 Å². The van der Waals surface area contributed by atoms with Crippen molar-refractivity contribution < 1.29 is 14.3 Å². The van der Waals surface area contributed by atoms with E-state index in [4.69, 9.17) is 14.6 Å². The van der Waals surface area contributed by atoms with Crippen LogP contribution in [0.25, 0.3) is 10.9 Å². The lowest BCUT2D eigenvalue weighted by Crippen LogP contribution is -2.60. The fraction of sp³-hybridized carbons (Fsp3) is 0.481. The number of benzene rings is 2.